The second-order valence-electron chi connectivity index (χ2n) is 5.25. The number of hydrogen-bond donors (Lipinski definition) is 1. The number of rotatable bonds is 6. The molecule has 1 amide bonds. The summed E-state index contributed by atoms with van der Waals surface area (Å²) in [6.45, 7) is 9.37. The number of amides is 1. The Hall–Kier alpha value is -2.45. The minimum atomic E-state index is -0.380. The SMILES string of the molecule is [C-]#[N+]/C(=C\c1cccc(Br)n1)C(=O)N[C@@H](CCC)c1ccccc1. The van der Waals surface area contributed by atoms with E-state index in [0.717, 1.165) is 18.4 Å². The Balaban J connectivity index is 2.20. The third kappa shape index (κ3) is 5.04. The second-order valence-corrected chi connectivity index (χ2v) is 6.06. The van der Waals surface area contributed by atoms with Gasteiger partial charge in [-0.25, -0.2) is 9.83 Å². The Kier molecular flexibility index (Phi) is 6.71. The molecule has 2 aromatic rings. The van der Waals surface area contributed by atoms with E-state index < -0.39 is 0 Å². The highest BCUT2D eigenvalue weighted by Crippen LogP contribution is 2.19. The maximum absolute atomic E-state index is 12.5. The average Bonchev–Trinajstić information content (AvgIpc) is 2.60. The zero-order valence-corrected chi connectivity index (χ0v) is 15.0. The lowest BCUT2D eigenvalue weighted by Gasteiger charge is -2.18. The summed E-state index contributed by atoms with van der Waals surface area (Å²) in [7, 11) is 0. The molecule has 0 aliphatic rings. The molecule has 0 unspecified atom stereocenters. The normalized spacial score (nSPS) is 12.3. The number of nitrogens with one attached hydrogen (secondary N) is 1. The van der Waals surface area contributed by atoms with Crippen LogP contribution >= 0.6 is 15.9 Å². The van der Waals surface area contributed by atoms with Gasteiger partial charge in [0.1, 0.15) is 4.60 Å². The maximum Gasteiger partial charge on any atom is 0.252 e. The molecule has 0 radical (unpaired) electrons. The van der Waals surface area contributed by atoms with E-state index in [9.17, 15) is 4.79 Å². The molecule has 24 heavy (non-hydrogen) atoms. The summed E-state index contributed by atoms with van der Waals surface area (Å²) < 4.78 is 0.661. The molecule has 0 fully saturated rings. The number of pyridine rings is 1. The predicted molar refractivity (Wildman–Crippen MR) is 98.7 cm³/mol. The van der Waals surface area contributed by atoms with Crippen molar-refractivity contribution < 1.29 is 4.79 Å². The topological polar surface area (TPSA) is 46.4 Å². The Morgan fingerprint density at radius 2 is 2.04 bits per heavy atom. The van der Waals surface area contributed by atoms with Crippen molar-refractivity contribution in [2.75, 3.05) is 0 Å². The molecule has 0 aliphatic heterocycles. The first-order valence-corrected chi connectivity index (χ1v) is 8.51. The van der Waals surface area contributed by atoms with Gasteiger partial charge in [-0.1, -0.05) is 49.7 Å². The van der Waals surface area contributed by atoms with Crippen LogP contribution in [0.2, 0.25) is 0 Å². The minimum Gasteiger partial charge on any atom is -0.355 e. The summed E-state index contributed by atoms with van der Waals surface area (Å²) in [4.78, 5) is 20.1. The van der Waals surface area contributed by atoms with Gasteiger partial charge >= 0.3 is 0 Å². The number of carbonyl (C=O) groups excluding carboxylic acids is 1. The van der Waals surface area contributed by atoms with Crippen LogP contribution in [0, 0.1) is 6.57 Å². The highest BCUT2D eigenvalue weighted by Gasteiger charge is 2.17. The van der Waals surface area contributed by atoms with Crippen molar-refractivity contribution in [1.82, 2.24) is 10.3 Å². The zero-order chi connectivity index (χ0) is 17.4. The van der Waals surface area contributed by atoms with Gasteiger partial charge in [0.2, 0.25) is 0 Å². The highest BCUT2D eigenvalue weighted by atomic mass is 79.9. The first kappa shape index (κ1) is 17.9. The van der Waals surface area contributed by atoms with Gasteiger partial charge < -0.3 is 5.32 Å². The largest absolute Gasteiger partial charge is 0.355 e. The van der Waals surface area contributed by atoms with Gasteiger partial charge in [-0.05, 0) is 46.1 Å². The Morgan fingerprint density at radius 3 is 2.67 bits per heavy atom. The number of carbonyl (C=O) groups is 1. The van der Waals surface area contributed by atoms with Crippen LogP contribution in [0.25, 0.3) is 10.9 Å². The van der Waals surface area contributed by atoms with Gasteiger partial charge in [0, 0.05) is 0 Å². The van der Waals surface area contributed by atoms with E-state index in [1.807, 2.05) is 36.4 Å². The smallest absolute Gasteiger partial charge is 0.252 e. The molecular weight excluding hydrogens is 366 g/mol. The number of halogens is 1. The molecule has 1 aromatic carbocycles. The highest BCUT2D eigenvalue weighted by molar-refractivity contribution is 9.10. The van der Waals surface area contributed by atoms with Crippen LogP contribution in [-0.4, -0.2) is 10.9 Å². The van der Waals surface area contributed by atoms with E-state index in [1.54, 1.807) is 12.1 Å². The van der Waals surface area contributed by atoms with E-state index in [2.05, 4.69) is 38.0 Å². The number of benzene rings is 1. The first-order chi connectivity index (χ1) is 11.6. The summed E-state index contributed by atoms with van der Waals surface area (Å²) in [5.41, 5.74) is 1.63. The van der Waals surface area contributed by atoms with Crippen LogP contribution in [0.15, 0.2) is 58.8 Å². The van der Waals surface area contributed by atoms with E-state index in [-0.39, 0.29) is 17.6 Å². The summed E-state index contributed by atoms with van der Waals surface area (Å²) >= 11 is 3.28. The Labute approximate surface area is 150 Å². The molecule has 1 aromatic heterocycles. The Morgan fingerprint density at radius 1 is 1.29 bits per heavy atom. The van der Waals surface area contributed by atoms with Crippen molar-refractivity contribution in [2.24, 2.45) is 0 Å². The van der Waals surface area contributed by atoms with Crippen LogP contribution < -0.4 is 5.32 Å². The van der Waals surface area contributed by atoms with Gasteiger partial charge in [0.15, 0.2) is 0 Å². The van der Waals surface area contributed by atoms with Crippen molar-refractivity contribution in [3.8, 4) is 0 Å². The third-order valence-corrected chi connectivity index (χ3v) is 3.90. The van der Waals surface area contributed by atoms with Crippen molar-refractivity contribution in [1.29, 1.82) is 0 Å². The molecule has 1 heterocycles. The molecule has 0 aliphatic carbocycles. The van der Waals surface area contributed by atoms with Crippen LogP contribution in [-0.2, 0) is 4.79 Å². The maximum atomic E-state index is 12.5. The summed E-state index contributed by atoms with van der Waals surface area (Å²) in [6, 6.07) is 15.1. The molecule has 0 saturated carbocycles. The first-order valence-electron chi connectivity index (χ1n) is 7.71. The summed E-state index contributed by atoms with van der Waals surface area (Å²) in [5, 5.41) is 2.96. The lowest BCUT2D eigenvalue weighted by atomic mass is 10.0. The van der Waals surface area contributed by atoms with E-state index in [4.69, 9.17) is 6.57 Å². The number of hydrogen-bond acceptors (Lipinski definition) is 2. The minimum absolute atomic E-state index is 0.0256. The molecule has 1 N–H and O–H groups in total. The van der Waals surface area contributed by atoms with Crippen LogP contribution in [0.5, 0.6) is 0 Å². The lowest BCUT2D eigenvalue weighted by Crippen LogP contribution is -2.29. The number of aromatic nitrogens is 1. The molecule has 0 bridgehead atoms. The molecule has 2 rings (SSSR count). The van der Waals surface area contributed by atoms with Gasteiger partial charge in [0.05, 0.1) is 18.3 Å². The fourth-order valence-electron chi connectivity index (χ4n) is 2.32. The molecular formula is C19H18BrN3O. The molecule has 5 heteroatoms. The standard InChI is InChI=1S/C19H18BrN3O/c1-3-8-16(14-9-5-4-6-10-14)23-19(24)17(21-2)13-15-11-7-12-18(20)22-15/h4-7,9-13,16H,3,8H2,1H3,(H,23,24)/b17-13-/t16-/m0/s1. The van der Waals surface area contributed by atoms with Gasteiger partial charge in [-0.15, -0.1) is 0 Å². The van der Waals surface area contributed by atoms with Crippen LogP contribution in [0.4, 0.5) is 0 Å². The number of nitrogens with zero attached hydrogens (tertiary/aromatic N) is 2. The second kappa shape index (κ2) is 8.99. The van der Waals surface area contributed by atoms with Crippen molar-refractivity contribution >= 4 is 27.9 Å². The zero-order valence-electron chi connectivity index (χ0n) is 13.4. The summed E-state index contributed by atoms with van der Waals surface area (Å²) in [6.07, 6.45) is 3.25. The average molecular weight is 384 g/mol. The summed E-state index contributed by atoms with van der Waals surface area (Å²) in [5.74, 6) is -0.380. The fourth-order valence-corrected chi connectivity index (χ4v) is 2.68. The molecule has 122 valence electrons. The molecule has 0 spiro atoms. The Bertz CT molecular complexity index is 766. The lowest BCUT2D eigenvalue weighted by molar-refractivity contribution is -0.117. The van der Waals surface area contributed by atoms with E-state index in [0.29, 0.717) is 10.3 Å². The quantitative estimate of drug-likeness (QED) is 0.443. The van der Waals surface area contributed by atoms with Crippen molar-refractivity contribution in [2.45, 2.75) is 25.8 Å². The van der Waals surface area contributed by atoms with Crippen molar-refractivity contribution in [3.63, 3.8) is 0 Å². The van der Waals surface area contributed by atoms with Crippen LogP contribution in [0.3, 0.4) is 0 Å². The van der Waals surface area contributed by atoms with Gasteiger partial charge in [0.25, 0.3) is 11.6 Å². The predicted octanol–water partition coefficient (Wildman–Crippen LogP) is 4.76. The molecule has 1 atom stereocenters. The van der Waals surface area contributed by atoms with Gasteiger partial charge in [-0.3, -0.25) is 4.79 Å². The van der Waals surface area contributed by atoms with E-state index >= 15 is 0 Å². The monoisotopic (exact) mass is 383 g/mol. The fraction of sp³-hybridized carbons (Fsp3) is 0.211. The molecule has 4 nitrogen and oxygen atoms in total. The van der Waals surface area contributed by atoms with Crippen molar-refractivity contribution in [3.05, 3.63) is 81.5 Å². The van der Waals surface area contributed by atoms with Crippen LogP contribution in [0.1, 0.15) is 37.1 Å². The molecule has 0 saturated heterocycles. The van der Waals surface area contributed by atoms with E-state index in [1.165, 1.54) is 6.08 Å². The van der Waals surface area contributed by atoms with Gasteiger partial charge in [-0.2, -0.15) is 0 Å². The third-order valence-electron chi connectivity index (χ3n) is 3.46.